The van der Waals surface area contributed by atoms with Crippen molar-refractivity contribution in [1.29, 1.82) is 0 Å². The summed E-state index contributed by atoms with van der Waals surface area (Å²) in [6, 6.07) is 7.55. The van der Waals surface area contributed by atoms with Gasteiger partial charge in [-0.2, -0.15) is 0 Å². The Bertz CT molecular complexity index is 571. The first-order valence-electron chi connectivity index (χ1n) is 5.79. The van der Waals surface area contributed by atoms with E-state index in [1.54, 1.807) is 7.11 Å². The standard InChI is InChI=1S/C12H14N4O2S2/c1-18-9-4-2-8(3-5-9)6-14-10(17)7-19-12-16-15-11(13)20-12/h2-5H,6-7H2,1H3,(H2,13,15)(H,14,17). The van der Waals surface area contributed by atoms with Gasteiger partial charge in [0.1, 0.15) is 5.75 Å². The van der Waals surface area contributed by atoms with Gasteiger partial charge in [0.25, 0.3) is 0 Å². The van der Waals surface area contributed by atoms with Crippen molar-refractivity contribution in [3.8, 4) is 5.75 Å². The van der Waals surface area contributed by atoms with Crippen LogP contribution >= 0.6 is 23.1 Å². The fraction of sp³-hybridized carbons (Fsp3) is 0.250. The van der Waals surface area contributed by atoms with Gasteiger partial charge in [0, 0.05) is 6.54 Å². The van der Waals surface area contributed by atoms with Crippen LogP contribution in [0.3, 0.4) is 0 Å². The van der Waals surface area contributed by atoms with Crippen LogP contribution < -0.4 is 15.8 Å². The second-order valence-electron chi connectivity index (χ2n) is 3.82. The van der Waals surface area contributed by atoms with Crippen LogP contribution in [0, 0.1) is 0 Å². The lowest BCUT2D eigenvalue weighted by molar-refractivity contribution is -0.118. The quantitative estimate of drug-likeness (QED) is 0.787. The molecular weight excluding hydrogens is 296 g/mol. The van der Waals surface area contributed by atoms with E-state index >= 15 is 0 Å². The minimum atomic E-state index is -0.0559. The Morgan fingerprint density at radius 3 is 2.75 bits per heavy atom. The molecule has 2 aromatic rings. The van der Waals surface area contributed by atoms with E-state index in [1.165, 1.54) is 23.1 Å². The summed E-state index contributed by atoms with van der Waals surface area (Å²) >= 11 is 2.60. The molecule has 20 heavy (non-hydrogen) atoms. The zero-order valence-corrected chi connectivity index (χ0v) is 12.5. The zero-order chi connectivity index (χ0) is 14.4. The highest BCUT2D eigenvalue weighted by atomic mass is 32.2. The van der Waals surface area contributed by atoms with Crippen LogP contribution in [0.2, 0.25) is 0 Å². The van der Waals surface area contributed by atoms with Crippen LogP contribution in [0.15, 0.2) is 28.6 Å². The summed E-state index contributed by atoms with van der Waals surface area (Å²) in [4.78, 5) is 11.7. The minimum Gasteiger partial charge on any atom is -0.497 e. The second kappa shape index (κ2) is 7.11. The largest absolute Gasteiger partial charge is 0.497 e. The summed E-state index contributed by atoms with van der Waals surface area (Å²) < 4.78 is 5.77. The van der Waals surface area contributed by atoms with Gasteiger partial charge in [-0.25, -0.2) is 0 Å². The van der Waals surface area contributed by atoms with E-state index in [2.05, 4.69) is 15.5 Å². The van der Waals surface area contributed by atoms with Crippen molar-refractivity contribution < 1.29 is 9.53 Å². The number of hydrogen-bond donors (Lipinski definition) is 2. The molecule has 0 unspecified atom stereocenters. The maximum Gasteiger partial charge on any atom is 0.230 e. The number of aromatic nitrogens is 2. The molecule has 1 heterocycles. The lowest BCUT2D eigenvalue weighted by atomic mass is 10.2. The number of ether oxygens (including phenoxy) is 1. The topological polar surface area (TPSA) is 90.1 Å². The molecule has 0 aliphatic rings. The lowest BCUT2D eigenvalue weighted by Gasteiger charge is -2.05. The van der Waals surface area contributed by atoms with Gasteiger partial charge in [-0.05, 0) is 17.7 Å². The van der Waals surface area contributed by atoms with Crippen molar-refractivity contribution >= 4 is 34.1 Å². The van der Waals surface area contributed by atoms with Crippen LogP contribution in [0.4, 0.5) is 5.13 Å². The molecule has 0 saturated carbocycles. The highest BCUT2D eigenvalue weighted by molar-refractivity contribution is 8.01. The predicted molar refractivity (Wildman–Crippen MR) is 79.9 cm³/mol. The second-order valence-corrected chi connectivity index (χ2v) is 6.05. The zero-order valence-electron chi connectivity index (χ0n) is 10.8. The van der Waals surface area contributed by atoms with Gasteiger partial charge in [0.2, 0.25) is 11.0 Å². The maximum absolute atomic E-state index is 11.7. The van der Waals surface area contributed by atoms with Gasteiger partial charge in [-0.1, -0.05) is 35.2 Å². The normalized spacial score (nSPS) is 10.2. The molecule has 1 amide bonds. The fourth-order valence-electron chi connectivity index (χ4n) is 1.40. The molecule has 0 fully saturated rings. The number of rotatable bonds is 6. The minimum absolute atomic E-state index is 0.0559. The van der Waals surface area contributed by atoms with Gasteiger partial charge in [0.05, 0.1) is 12.9 Å². The van der Waals surface area contributed by atoms with Crippen molar-refractivity contribution in [3.63, 3.8) is 0 Å². The van der Waals surface area contributed by atoms with Gasteiger partial charge in [-0.15, -0.1) is 10.2 Å². The van der Waals surface area contributed by atoms with E-state index in [0.29, 0.717) is 21.8 Å². The molecule has 2 rings (SSSR count). The first-order valence-corrected chi connectivity index (χ1v) is 7.59. The molecule has 0 spiro atoms. The molecule has 3 N–H and O–H groups in total. The van der Waals surface area contributed by atoms with Crippen LogP contribution in [0.25, 0.3) is 0 Å². The smallest absolute Gasteiger partial charge is 0.230 e. The van der Waals surface area contributed by atoms with Crippen LogP contribution in [0.1, 0.15) is 5.56 Å². The van der Waals surface area contributed by atoms with E-state index in [0.717, 1.165) is 11.3 Å². The number of nitrogen functional groups attached to an aromatic ring is 1. The fourth-order valence-corrected chi connectivity index (χ4v) is 2.87. The van der Waals surface area contributed by atoms with Gasteiger partial charge in [0.15, 0.2) is 4.34 Å². The van der Waals surface area contributed by atoms with E-state index in [-0.39, 0.29) is 5.91 Å². The summed E-state index contributed by atoms with van der Waals surface area (Å²) in [6.07, 6.45) is 0. The van der Waals surface area contributed by atoms with Crippen molar-refractivity contribution in [2.75, 3.05) is 18.6 Å². The number of nitrogens with zero attached hydrogens (tertiary/aromatic N) is 2. The number of benzene rings is 1. The molecule has 8 heteroatoms. The van der Waals surface area contributed by atoms with E-state index in [4.69, 9.17) is 10.5 Å². The third kappa shape index (κ3) is 4.39. The Kier molecular flexibility index (Phi) is 5.19. The number of anilines is 1. The third-order valence-electron chi connectivity index (χ3n) is 2.40. The Morgan fingerprint density at radius 1 is 1.40 bits per heavy atom. The Labute approximate surface area is 124 Å². The third-order valence-corrected chi connectivity index (χ3v) is 4.28. The van der Waals surface area contributed by atoms with Crippen LogP contribution in [-0.2, 0) is 11.3 Å². The molecule has 106 valence electrons. The first-order chi connectivity index (χ1) is 9.67. The molecule has 1 aromatic heterocycles. The summed E-state index contributed by atoms with van der Waals surface area (Å²) in [6.45, 7) is 0.488. The summed E-state index contributed by atoms with van der Waals surface area (Å²) in [5.74, 6) is 1.04. The number of hydrogen-bond acceptors (Lipinski definition) is 7. The number of nitrogens with one attached hydrogen (secondary N) is 1. The average molecular weight is 310 g/mol. The molecule has 0 bridgehead atoms. The number of carbonyl (C=O) groups excluding carboxylic acids is 1. The van der Waals surface area contributed by atoms with E-state index < -0.39 is 0 Å². The van der Waals surface area contributed by atoms with E-state index in [1.807, 2.05) is 24.3 Å². The molecular formula is C12H14N4O2S2. The first kappa shape index (κ1) is 14.6. The van der Waals surface area contributed by atoms with Crippen molar-refractivity contribution in [1.82, 2.24) is 15.5 Å². The predicted octanol–water partition coefficient (Wildman–Crippen LogP) is 1.54. The highest BCUT2D eigenvalue weighted by Crippen LogP contribution is 2.23. The molecule has 0 saturated heterocycles. The van der Waals surface area contributed by atoms with Gasteiger partial charge < -0.3 is 15.8 Å². The Hall–Kier alpha value is -1.80. The summed E-state index contributed by atoms with van der Waals surface area (Å²) in [5.41, 5.74) is 6.48. The van der Waals surface area contributed by atoms with Crippen molar-refractivity contribution in [3.05, 3.63) is 29.8 Å². The van der Waals surface area contributed by atoms with Gasteiger partial charge in [-0.3, -0.25) is 4.79 Å². The van der Waals surface area contributed by atoms with Crippen molar-refractivity contribution in [2.45, 2.75) is 10.9 Å². The van der Waals surface area contributed by atoms with Crippen molar-refractivity contribution in [2.24, 2.45) is 0 Å². The molecule has 0 radical (unpaired) electrons. The molecule has 0 aliphatic heterocycles. The van der Waals surface area contributed by atoms with Gasteiger partial charge >= 0.3 is 0 Å². The SMILES string of the molecule is COc1ccc(CNC(=O)CSc2nnc(N)s2)cc1. The summed E-state index contributed by atoms with van der Waals surface area (Å²) in [5, 5.41) is 10.8. The summed E-state index contributed by atoms with van der Waals surface area (Å²) in [7, 11) is 1.62. The number of carbonyl (C=O) groups is 1. The highest BCUT2D eigenvalue weighted by Gasteiger charge is 2.06. The average Bonchev–Trinajstić information content (AvgIpc) is 2.89. The number of thioether (sulfide) groups is 1. The van der Waals surface area contributed by atoms with Crippen LogP contribution in [0.5, 0.6) is 5.75 Å². The molecule has 0 aliphatic carbocycles. The monoisotopic (exact) mass is 310 g/mol. The Balaban J connectivity index is 1.74. The number of nitrogens with two attached hydrogens (primary N) is 1. The molecule has 1 aromatic carbocycles. The maximum atomic E-state index is 11.7. The van der Waals surface area contributed by atoms with E-state index in [9.17, 15) is 4.79 Å². The molecule has 6 nitrogen and oxygen atoms in total. The number of methoxy groups -OCH3 is 1. The number of amides is 1. The lowest BCUT2D eigenvalue weighted by Crippen LogP contribution is -2.24. The Morgan fingerprint density at radius 2 is 2.15 bits per heavy atom. The molecule has 0 atom stereocenters. The van der Waals surface area contributed by atoms with Crippen LogP contribution in [-0.4, -0.2) is 29.0 Å².